The molecule has 1 fully saturated rings. The summed E-state index contributed by atoms with van der Waals surface area (Å²) in [4.78, 5) is 42.9. The summed E-state index contributed by atoms with van der Waals surface area (Å²) in [7, 11) is 0. The van der Waals surface area contributed by atoms with Crippen molar-refractivity contribution in [3.8, 4) is 0 Å². The Kier molecular flexibility index (Phi) is 5.99. The summed E-state index contributed by atoms with van der Waals surface area (Å²) in [5, 5.41) is 0. The summed E-state index contributed by atoms with van der Waals surface area (Å²) in [5.74, 6) is 0.782. The third-order valence-corrected chi connectivity index (χ3v) is 5.85. The van der Waals surface area contributed by atoms with E-state index in [-0.39, 0.29) is 24.2 Å². The number of carbonyl (C=O) groups excluding carboxylic acids is 2. The maximum Gasteiger partial charge on any atom is 0.233 e. The number of Topliss-reactive ketones (excluding diaryl/α,β-unsaturated/α-hetero) is 1. The van der Waals surface area contributed by atoms with Crippen LogP contribution in [0, 0.1) is 0 Å². The lowest BCUT2D eigenvalue weighted by molar-refractivity contribution is -0.118. The van der Waals surface area contributed by atoms with E-state index in [0.29, 0.717) is 29.3 Å². The highest BCUT2D eigenvalue weighted by molar-refractivity contribution is 6.03. The highest BCUT2D eigenvalue weighted by Crippen LogP contribution is 2.39. The van der Waals surface area contributed by atoms with Gasteiger partial charge in [-0.05, 0) is 31.1 Å². The molecule has 4 heterocycles. The van der Waals surface area contributed by atoms with Crippen LogP contribution in [-0.4, -0.2) is 45.8 Å². The van der Waals surface area contributed by atoms with Gasteiger partial charge in [0.05, 0.1) is 23.8 Å². The molecule has 0 spiro atoms. The van der Waals surface area contributed by atoms with Gasteiger partial charge in [-0.1, -0.05) is 24.8 Å². The van der Waals surface area contributed by atoms with Crippen LogP contribution in [0.25, 0.3) is 11.6 Å². The first-order valence-electron chi connectivity index (χ1n) is 10.8. The molecule has 0 saturated carbocycles. The lowest BCUT2D eigenvalue weighted by atomic mass is 10.1. The molecule has 164 valence electrons. The molecule has 2 aliphatic heterocycles. The molecule has 4 rings (SSSR count). The van der Waals surface area contributed by atoms with Gasteiger partial charge in [0.25, 0.3) is 0 Å². The summed E-state index contributed by atoms with van der Waals surface area (Å²) in [6.07, 6.45) is 8.98. The number of nitrogens with zero attached hydrogens (tertiary/aromatic N) is 5. The molecule has 0 radical (unpaired) electrons. The van der Waals surface area contributed by atoms with Crippen LogP contribution in [0.3, 0.4) is 0 Å². The van der Waals surface area contributed by atoms with Crippen molar-refractivity contribution in [3.05, 3.63) is 66.4 Å². The molecule has 7 nitrogen and oxygen atoms in total. The number of rotatable bonds is 7. The molecule has 0 aromatic carbocycles. The molecule has 0 unspecified atom stereocenters. The monoisotopic (exact) mass is 429 g/mol. The molecule has 7 heteroatoms. The number of amides is 1. The number of fused-ring (bicyclic) bond motifs is 4. The second-order valence-electron chi connectivity index (χ2n) is 8.12. The summed E-state index contributed by atoms with van der Waals surface area (Å²) in [5.41, 5.74) is 3.58. The lowest BCUT2D eigenvalue weighted by Gasteiger charge is -2.36. The predicted molar refractivity (Wildman–Crippen MR) is 127 cm³/mol. The van der Waals surface area contributed by atoms with Crippen molar-refractivity contribution < 1.29 is 9.59 Å². The fourth-order valence-corrected chi connectivity index (χ4v) is 4.29. The Balaban J connectivity index is 1.61. The van der Waals surface area contributed by atoms with Gasteiger partial charge in [-0.15, -0.1) is 6.58 Å². The van der Waals surface area contributed by atoms with Crippen molar-refractivity contribution in [2.75, 3.05) is 22.9 Å². The molecule has 1 amide bonds. The Bertz CT molecular complexity index is 1140. The molecule has 1 saturated heterocycles. The summed E-state index contributed by atoms with van der Waals surface area (Å²) in [6.45, 7) is 13.0. The van der Waals surface area contributed by atoms with Crippen LogP contribution in [0.15, 0.2) is 43.6 Å². The van der Waals surface area contributed by atoms with Crippen molar-refractivity contribution in [3.63, 3.8) is 0 Å². The van der Waals surface area contributed by atoms with Crippen LogP contribution < -0.4 is 9.80 Å². The number of ketones is 1. The Morgan fingerprint density at radius 2 is 2.09 bits per heavy atom. The first-order valence-corrected chi connectivity index (χ1v) is 10.8. The summed E-state index contributed by atoms with van der Waals surface area (Å²) < 4.78 is 0. The Hall–Kier alpha value is -3.61. The largest absolute Gasteiger partial charge is 0.366 e. The molecular weight excluding hydrogens is 402 g/mol. The third-order valence-electron chi connectivity index (χ3n) is 5.85. The fraction of sp³-hybridized carbons (Fsp3) is 0.320. The smallest absolute Gasteiger partial charge is 0.233 e. The molecule has 0 aliphatic carbocycles. The van der Waals surface area contributed by atoms with Gasteiger partial charge < -0.3 is 4.90 Å². The number of hydrogen-bond acceptors (Lipinski definition) is 6. The maximum absolute atomic E-state index is 13.4. The van der Waals surface area contributed by atoms with Crippen LogP contribution in [0.4, 0.5) is 11.5 Å². The zero-order valence-electron chi connectivity index (χ0n) is 18.5. The van der Waals surface area contributed by atoms with E-state index in [1.165, 1.54) is 6.92 Å². The zero-order valence-corrected chi connectivity index (χ0v) is 18.5. The van der Waals surface area contributed by atoms with E-state index in [2.05, 4.69) is 33.0 Å². The van der Waals surface area contributed by atoms with Crippen LogP contribution in [0.2, 0.25) is 0 Å². The van der Waals surface area contributed by atoms with Crippen LogP contribution in [-0.2, 0) is 11.2 Å². The van der Waals surface area contributed by atoms with Gasteiger partial charge >= 0.3 is 0 Å². The van der Waals surface area contributed by atoms with Gasteiger partial charge in [0.2, 0.25) is 5.91 Å². The van der Waals surface area contributed by atoms with Crippen molar-refractivity contribution >= 4 is 34.8 Å². The standard InChI is InChI=1S/C25H27N5O2/c1-5-7-18-14-26-24(27-21(18)8-6-2)16(3)13-23(32)30-19-11-12-29(15-19)22-10-9-20(17(4)31)28-25(22)30/h5-7,9-10,14,19H,2-3,8,11-13,15H2,1,4H3/b7-5-/t19-/m0/s1. The van der Waals surface area contributed by atoms with Crippen molar-refractivity contribution in [1.29, 1.82) is 0 Å². The quantitative estimate of drug-likeness (QED) is 0.491. The second-order valence-corrected chi connectivity index (χ2v) is 8.12. The molecule has 2 aliphatic rings. The molecular formula is C25H27N5O2. The van der Waals surface area contributed by atoms with E-state index in [4.69, 9.17) is 0 Å². The molecule has 2 bridgehead atoms. The average Bonchev–Trinajstić information content (AvgIpc) is 3.19. The number of anilines is 2. The van der Waals surface area contributed by atoms with Gasteiger partial charge in [-0.25, -0.2) is 15.0 Å². The number of carbonyl (C=O) groups is 2. The molecule has 1 atom stereocenters. The second kappa shape index (κ2) is 8.86. The van der Waals surface area contributed by atoms with Gasteiger partial charge in [0.15, 0.2) is 17.4 Å². The highest BCUT2D eigenvalue weighted by Gasteiger charge is 2.40. The van der Waals surface area contributed by atoms with E-state index in [1.807, 2.05) is 25.1 Å². The van der Waals surface area contributed by atoms with Crippen molar-refractivity contribution in [2.24, 2.45) is 0 Å². The van der Waals surface area contributed by atoms with Crippen LogP contribution >= 0.6 is 0 Å². The minimum atomic E-state index is -0.123. The fourth-order valence-electron chi connectivity index (χ4n) is 4.29. The minimum Gasteiger partial charge on any atom is -0.366 e. The first-order chi connectivity index (χ1) is 15.4. The molecule has 2 aromatic rings. The van der Waals surface area contributed by atoms with Gasteiger partial charge in [0.1, 0.15) is 5.69 Å². The molecule has 0 N–H and O–H groups in total. The Morgan fingerprint density at radius 1 is 1.28 bits per heavy atom. The van der Waals surface area contributed by atoms with Crippen molar-refractivity contribution in [1.82, 2.24) is 15.0 Å². The number of pyridine rings is 1. The van der Waals surface area contributed by atoms with E-state index < -0.39 is 0 Å². The summed E-state index contributed by atoms with van der Waals surface area (Å²) in [6, 6.07) is 3.65. The maximum atomic E-state index is 13.4. The van der Waals surface area contributed by atoms with E-state index in [1.54, 1.807) is 23.2 Å². The topological polar surface area (TPSA) is 79.3 Å². The predicted octanol–water partition coefficient (Wildman–Crippen LogP) is 3.86. The third kappa shape index (κ3) is 3.98. The number of allylic oxidation sites excluding steroid dienone is 2. The SMILES string of the molecule is C=CCc1nc(C(=C)CC(=O)N2c3nc(C(C)=O)ccc3N3CC[C@H]2C3)ncc1/C=C\C. The molecule has 2 aromatic heterocycles. The van der Waals surface area contributed by atoms with E-state index in [0.717, 1.165) is 36.5 Å². The first kappa shape index (κ1) is 21.6. The van der Waals surface area contributed by atoms with Gasteiger partial charge in [0, 0.05) is 38.2 Å². The Morgan fingerprint density at radius 3 is 2.81 bits per heavy atom. The van der Waals surface area contributed by atoms with Crippen LogP contribution in [0.1, 0.15) is 54.3 Å². The van der Waals surface area contributed by atoms with Gasteiger partial charge in [-0.3, -0.25) is 14.5 Å². The zero-order chi connectivity index (χ0) is 22.8. The van der Waals surface area contributed by atoms with Crippen LogP contribution in [0.5, 0.6) is 0 Å². The summed E-state index contributed by atoms with van der Waals surface area (Å²) >= 11 is 0. The lowest BCUT2D eigenvalue weighted by Crippen LogP contribution is -2.46. The highest BCUT2D eigenvalue weighted by atomic mass is 16.2. The number of aromatic nitrogens is 3. The van der Waals surface area contributed by atoms with Crippen molar-refractivity contribution in [2.45, 2.75) is 39.2 Å². The van der Waals surface area contributed by atoms with E-state index in [9.17, 15) is 9.59 Å². The van der Waals surface area contributed by atoms with E-state index >= 15 is 0 Å². The van der Waals surface area contributed by atoms with Gasteiger partial charge in [-0.2, -0.15) is 0 Å². The average molecular weight is 430 g/mol. The minimum absolute atomic E-state index is 0.0341. The Labute approximate surface area is 188 Å². The normalized spacial score (nSPS) is 16.9. The molecule has 32 heavy (non-hydrogen) atoms. The number of hydrogen-bond donors (Lipinski definition) is 0.